The van der Waals surface area contributed by atoms with Gasteiger partial charge in [0.1, 0.15) is 0 Å². The molecule has 2 heteroatoms. The summed E-state index contributed by atoms with van der Waals surface area (Å²) in [6, 6.07) is 8.53. The first-order chi connectivity index (χ1) is 9.64. The Morgan fingerprint density at radius 1 is 1.00 bits per heavy atom. The number of nitrogens with two attached hydrogens (primary N) is 2. The summed E-state index contributed by atoms with van der Waals surface area (Å²) in [5.41, 5.74) is 15.4. The van der Waals surface area contributed by atoms with Crippen molar-refractivity contribution in [2.24, 2.45) is 28.9 Å². The standard InChI is InChI=1S/C18H26N2/c19-16-4-2-1-3-15(16)8-17(20)18-9-12-5-13(10-18)7-14(6-12)11-18/h1-4,12-14,17H,5-11,19-20H2. The number of hydrogen-bond acceptors (Lipinski definition) is 2. The zero-order chi connectivity index (χ0) is 13.7. The number of nitrogen functional groups attached to an aromatic ring is 1. The second-order valence-corrected chi connectivity index (χ2v) is 7.79. The third kappa shape index (κ3) is 1.96. The van der Waals surface area contributed by atoms with E-state index in [0.717, 1.165) is 29.9 Å². The lowest BCUT2D eigenvalue weighted by atomic mass is 9.47. The van der Waals surface area contributed by atoms with Crippen molar-refractivity contribution < 1.29 is 0 Å². The van der Waals surface area contributed by atoms with E-state index in [0.29, 0.717) is 11.5 Å². The van der Waals surface area contributed by atoms with Gasteiger partial charge in [0.25, 0.3) is 0 Å². The van der Waals surface area contributed by atoms with Crippen molar-refractivity contribution >= 4 is 5.69 Å². The molecule has 4 bridgehead atoms. The second kappa shape index (κ2) is 4.49. The predicted octanol–water partition coefficient (Wildman–Crippen LogP) is 3.36. The van der Waals surface area contributed by atoms with E-state index in [4.69, 9.17) is 11.5 Å². The van der Waals surface area contributed by atoms with Crippen molar-refractivity contribution in [3.05, 3.63) is 29.8 Å². The molecule has 2 nitrogen and oxygen atoms in total. The van der Waals surface area contributed by atoms with Crippen LogP contribution in [0.4, 0.5) is 5.69 Å². The van der Waals surface area contributed by atoms with E-state index in [1.165, 1.54) is 44.1 Å². The Morgan fingerprint density at radius 3 is 2.10 bits per heavy atom. The van der Waals surface area contributed by atoms with Crippen LogP contribution in [0, 0.1) is 23.2 Å². The van der Waals surface area contributed by atoms with Gasteiger partial charge in [-0.3, -0.25) is 0 Å². The van der Waals surface area contributed by atoms with Gasteiger partial charge in [-0.2, -0.15) is 0 Å². The molecular formula is C18H26N2. The van der Waals surface area contributed by atoms with E-state index >= 15 is 0 Å². The molecule has 4 aliphatic rings. The molecule has 1 unspecified atom stereocenters. The Kier molecular flexibility index (Phi) is 2.85. The third-order valence-electron chi connectivity index (χ3n) is 6.37. The van der Waals surface area contributed by atoms with Crippen LogP contribution in [0.5, 0.6) is 0 Å². The quantitative estimate of drug-likeness (QED) is 0.828. The van der Waals surface area contributed by atoms with Crippen molar-refractivity contribution in [2.45, 2.75) is 51.0 Å². The molecule has 0 heterocycles. The maximum Gasteiger partial charge on any atom is 0.0347 e. The van der Waals surface area contributed by atoms with Crippen LogP contribution in [-0.4, -0.2) is 6.04 Å². The van der Waals surface area contributed by atoms with Crippen molar-refractivity contribution in [2.75, 3.05) is 5.73 Å². The zero-order valence-electron chi connectivity index (χ0n) is 12.2. The fraction of sp³-hybridized carbons (Fsp3) is 0.667. The number of para-hydroxylation sites is 1. The molecule has 4 aliphatic carbocycles. The number of benzene rings is 1. The van der Waals surface area contributed by atoms with E-state index in [9.17, 15) is 0 Å². The van der Waals surface area contributed by atoms with Crippen LogP contribution in [0.25, 0.3) is 0 Å². The smallest absolute Gasteiger partial charge is 0.0347 e. The Balaban J connectivity index is 1.56. The lowest BCUT2D eigenvalue weighted by Gasteiger charge is -2.59. The van der Waals surface area contributed by atoms with Crippen molar-refractivity contribution in [1.82, 2.24) is 0 Å². The molecule has 0 saturated heterocycles. The first kappa shape index (κ1) is 12.7. The molecule has 1 aromatic carbocycles. The summed E-state index contributed by atoms with van der Waals surface area (Å²) in [5, 5.41) is 0. The molecule has 1 atom stereocenters. The third-order valence-corrected chi connectivity index (χ3v) is 6.37. The van der Waals surface area contributed by atoms with Gasteiger partial charge >= 0.3 is 0 Å². The average Bonchev–Trinajstić information content (AvgIpc) is 2.40. The molecule has 0 amide bonds. The van der Waals surface area contributed by atoms with Crippen LogP contribution in [-0.2, 0) is 6.42 Å². The van der Waals surface area contributed by atoms with Gasteiger partial charge in [-0.05, 0) is 79.7 Å². The molecule has 0 spiro atoms. The van der Waals surface area contributed by atoms with Gasteiger partial charge in [-0.15, -0.1) is 0 Å². The van der Waals surface area contributed by atoms with E-state index in [-0.39, 0.29) is 0 Å². The van der Waals surface area contributed by atoms with Gasteiger partial charge in [0.2, 0.25) is 0 Å². The van der Waals surface area contributed by atoms with Crippen LogP contribution >= 0.6 is 0 Å². The first-order valence-electron chi connectivity index (χ1n) is 8.23. The Bertz CT molecular complexity index is 473. The minimum atomic E-state index is 0.292. The van der Waals surface area contributed by atoms with Gasteiger partial charge in [0, 0.05) is 11.7 Å². The van der Waals surface area contributed by atoms with E-state index in [1.807, 2.05) is 12.1 Å². The maximum absolute atomic E-state index is 6.72. The topological polar surface area (TPSA) is 52.0 Å². The Morgan fingerprint density at radius 2 is 1.55 bits per heavy atom. The molecule has 1 aromatic rings. The molecule has 108 valence electrons. The Labute approximate surface area is 121 Å². The maximum atomic E-state index is 6.72. The highest BCUT2D eigenvalue weighted by atomic mass is 14.7. The molecule has 5 rings (SSSR count). The average molecular weight is 270 g/mol. The van der Waals surface area contributed by atoms with Crippen LogP contribution in [0.15, 0.2) is 24.3 Å². The second-order valence-electron chi connectivity index (χ2n) is 7.79. The summed E-state index contributed by atoms with van der Waals surface area (Å²) < 4.78 is 0. The fourth-order valence-corrected chi connectivity index (χ4v) is 5.81. The van der Waals surface area contributed by atoms with Crippen molar-refractivity contribution in [3.63, 3.8) is 0 Å². The van der Waals surface area contributed by atoms with Gasteiger partial charge < -0.3 is 11.5 Å². The van der Waals surface area contributed by atoms with Crippen LogP contribution in [0.1, 0.15) is 44.1 Å². The molecule has 4 saturated carbocycles. The normalized spacial score (nSPS) is 40.0. The molecule has 4 fully saturated rings. The highest BCUT2D eigenvalue weighted by Crippen LogP contribution is 2.61. The van der Waals surface area contributed by atoms with Crippen LogP contribution < -0.4 is 11.5 Å². The Hall–Kier alpha value is -1.02. The SMILES string of the molecule is Nc1ccccc1CC(N)C12CC3CC(CC(C3)C1)C2. The summed E-state index contributed by atoms with van der Waals surface area (Å²) in [7, 11) is 0. The van der Waals surface area contributed by atoms with Crippen molar-refractivity contribution in [3.8, 4) is 0 Å². The lowest BCUT2D eigenvalue weighted by Crippen LogP contribution is -2.55. The van der Waals surface area contributed by atoms with Crippen LogP contribution in [0.3, 0.4) is 0 Å². The van der Waals surface area contributed by atoms with Crippen LogP contribution in [0.2, 0.25) is 0 Å². The molecule has 4 N–H and O–H groups in total. The summed E-state index contributed by atoms with van der Waals surface area (Å²) in [6.07, 6.45) is 9.56. The molecular weight excluding hydrogens is 244 g/mol. The largest absolute Gasteiger partial charge is 0.399 e. The highest BCUT2D eigenvalue weighted by molar-refractivity contribution is 5.46. The highest BCUT2D eigenvalue weighted by Gasteiger charge is 2.53. The summed E-state index contributed by atoms with van der Waals surface area (Å²) in [6.45, 7) is 0. The molecule has 0 aliphatic heterocycles. The van der Waals surface area contributed by atoms with E-state index in [2.05, 4.69) is 12.1 Å². The minimum Gasteiger partial charge on any atom is -0.399 e. The van der Waals surface area contributed by atoms with Gasteiger partial charge in [0.15, 0.2) is 0 Å². The van der Waals surface area contributed by atoms with Gasteiger partial charge in [-0.1, -0.05) is 18.2 Å². The molecule has 0 aromatic heterocycles. The monoisotopic (exact) mass is 270 g/mol. The summed E-state index contributed by atoms with van der Waals surface area (Å²) in [4.78, 5) is 0. The predicted molar refractivity (Wildman–Crippen MR) is 83.1 cm³/mol. The minimum absolute atomic E-state index is 0.292. The van der Waals surface area contributed by atoms with Crippen molar-refractivity contribution in [1.29, 1.82) is 0 Å². The van der Waals surface area contributed by atoms with E-state index < -0.39 is 0 Å². The first-order valence-corrected chi connectivity index (χ1v) is 8.23. The summed E-state index contributed by atoms with van der Waals surface area (Å²) in [5.74, 6) is 2.92. The van der Waals surface area contributed by atoms with Gasteiger partial charge in [0.05, 0.1) is 0 Å². The zero-order valence-corrected chi connectivity index (χ0v) is 12.2. The number of anilines is 1. The molecule has 20 heavy (non-hydrogen) atoms. The molecule has 0 radical (unpaired) electrons. The fourth-order valence-electron chi connectivity index (χ4n) is 5.81. The lowest BCUT2D eigenvalue weighted by molar-refractivity contribution is -0.0667. The van der Waals surface area contributed by atoms with E-state index in [1.54, 1.807) is 0 Å². The van der Waals surface area contributed by atoms with Gasteiger partial charge in [-0.25, -0.2) is 0 Å². The number of hydrogen-bond donors (Lipinski definition) is 2. The summed E-state index contributed by atoms with van der Waals surface area (Å²) >= 11 is 0. The number of rotatable bonds is 3.